The first-order valence-corrected chi connectivity index (χ1v) is 23.8. The van der Waals surface area contributed by atoms with E-state index in [1.807, 2.05) is 0 Å². The Balaban J connectivity index is 1.31. The zero-order chi connectivity index (χ0) is 54.1. The third kappa shape index (κ3) is 15.0. The Morgan fingerprint density at radius 3 is 1.01 bits per heavy atom. The van der Waals surface area contributed by atoms with E-state index >= 15 is 0 Å². The van der Waals surface area contributed by atoms with Gasteiger partial charge in [0.25, 0.3) is 20.2 Å². The molecule has 28 nitrogen and oxygen atoms in total. The van der Waals surface area contributed by atoms with Crippen LogP contribution in [0.1, 0.15) is 58.5 Å². The van der Waals surface area contributed by atoms with Crippen molar-refractivity contribution in [3.63, 3.8) is 0 Å². The lowest BCUT2D eigenvalue weighted by molar-refractivity contribution is -0.144. The van der Waals surface area contributed by atoms with Crippen molar-refractivity contribution >= 4 is 126 Å². The Morgan fingerprint density at radius 2 is 0.743 bits per heavy atom. The van der Waals surface area contributed by atoms with Crippen LogP contribution in [-0.2, 0) is 39.4 Å². The van der Waals surface area contributed by atoms with E-state index < -0.39 is 90.7 Å². The maximum Gasteiger partial charge on any atom is 0.326 e. The number of carboxylic acids is 4. The lowest BCUT2D eigenvalue weighted by atomic mass is 10.1. The number of aromatic nitrogens is 6. The number of nitrogens with zero attached hydrogens (tertiary/aromatic N) is 6. The van der Waals surface area contributed by atoms with Crippen molar-refractivity contribution in [1.29, 1.82) is 0 Å². The molecule has 6 aromatic rings. The van der Waals surface area contributed by atoms with Crippen molar-refractivity contribution in [2.45, 2.75) is 48.6 Å². The van der Waals surface area contributed by atoms with Gasteiger partial charge in [0.05, 0.1) is 12.8 Å². The van der Waals surface area contributed by atoms with Crippen LogP contribution in [-0.4, -0.2) is 124 Å². The summed E-state index contributed by atoms with van der Waals surface area (Å²) in [5, 5.41) is 53.6. The predicted molar refractivity (Wildman–Crippen MR) is 262 cm³/mol. The number of carboxylic acid groups (broad SMARTS) is 4. The van der Waals surface area contributed by atoms with E-state index in [1.165, 1.54) is 86.6 Å². The maximum absolute atomic E-state index is 12.8. The molecule has 0 saturated carbocycles. The lowest BCUT2D eigenvalue weighted by Gasteiger charge is -2.15. The van der Waals surface area contributed by atoms with Crippen LogP contribution in [0.15, 0.2) is 94.7 Å². The Morgan fingerprint density at radius 1 is 0.459 bits per heavy atom. The summed E-state index contributed by atoms with van der Waals surface area (Å²) in [5.41, 5.74) is 0.815. The Kier molecular flexibility index (Phi) is 16.5. The van der Waals surface area contributed by atoms with Crippen molar-refractivity contribution in [2.75, 3.05) is 31.9 Å². The van der Waals surface area contributed by atoms with Gasteiger partial charge in [0.15, 0.2) is 11.6 Å². The summed E-state index contributed by atoms with van der Waals surface area (Å²) in [4.78, 5) is 93.3. The zero-order valence-electron chi connectivity index (χ0n) is 38.1. The van der Waals surface area contributed by atoms with Crippen LogP contribution in [0.5, 0.6) is 0 Å². The highest BCUT2D eigenvalue weighted by Crippen LogP contribution is 2.29. The third-order valence-corrected chi connectivity index (χ3v) is 11.7. The molecule has 0 fully saturated rings. The van der Waals surface area contributed by atoms with Crippen LogP contribution >= 0.6 is 0 Å². The molecule has 0 radical (unpaired) electrons. The van der Waals surface area contributed by atoms with Crippen LogP contribution < -0.4 is 31.9 Å². The van der Waals surface area contributed by atoms with Crippen molar-refractivity contribution in [3.05, 3.63) is 107 Å². The van der Waals surface area contributed by atoms with E-state index in [9.17, 15) is 75.1 Å². The summed E-state index contributed by atoms with van der Waals surface area (Å²) in [5.74, 6) is -8.58. The standard InChI is InChI=1S/C44H40N12O16S2/c1-21(57)23-5-11-27(12-6-23)45-39-51-41(55-43(53-39)49-31(37(63)64)19-35(59)60)47-29-15-9-25(33(17-29)73(67,68)69)3-4-26-10-16-30(18-34(26)74(70,71)72)48-42-52-40(46-28-13-7-24(8-14-28)22(2)58)54-44(56-42)50-32(38(65)66)20-36(61)62/h3-18,31-32H,19-20H2,1-2H3,(H,59,60)(H,61,62)(H,63,64)(H,65,66)(H,67,68,69)(H,70,71,72)(H3,45,47,49,51,53,55)(H3,46,48,50,52,54,56)/b4-3+/t31-,32-/m0/s1. The van der Waals surface area contributed by atoms with Crippen LogP contribution in [0.3, 0.4) is 0 Å². The lowest BCUT2D eigenvalue weighted by Crippen LogP contribution is -2.32. The molecule has 12 N–H and O–H groups in total. The van der Waals surface area contributed by atoms with Gasteiger partial charge >= 0.3 is 23.9 Å². The second kappa shape index (κ2) is 22.7. The van der Waals surface area contributed by atoms with Gasteiger partial charge < -0.3 is 52.3 Å². The van der Waals surface area contributed by atoms with Crippen LogP contribution in [0, 0.1) is 0 Å². The average Bonchev–Trinajstić information content (AvgIpc) is 3.30. The van der Waals surface area contributed by atoms with Gasteiger partial charge in [-0.2, -0.15) is 46.7 Å². The minimum atomic E-state index is -5.08. The molecule has 2 heterocycles. The molecule has 74 heavy (non-hydrogen) atoms. The van der Waals surface area contributed by atoms with Gasteiger partial charge in [0, 0.05) is 33.9 Å². The van der Waals surface area contributed by atoms with Gasteiger partial charge in [-0.1, -0.05) is 24.3 Å². The molecule has 384 valence electrons. The second-order valence-corrected chi connectivity index (χ2v) is 18.2. The quantitative estimate of drug-likeness (QED) is 0.0220. The molecule has 6 rings (SSSR count). The summed E-state index contributed by atoms with van der Waals surface area (Å²) >= 11 is 0. The number of hydrogen-bond donors (Lipinski definition) is 12. The molecule has 0 aliphatic heterocycles. The number of Topliss-reactive ketones (excluding diaryl/α,β-unsaturated/α-hetero) is 2. The first-order chi connectivity index (χ1) is 34.8. The van der Waals surface area contributed by atoms with Crippen molar-refractivity contribution in [1.82, 2.24) is 29.9 Å². The molecule has 0 amide bonds. The molecule has 4 aromatic carbocycles. The fourth-order valence-electron chi connectivity index (χ4n) is 6.38. The largest absolute Gasteiger partial charge is 0.481 e. The highest BCUT2D eigenvalue weighted by molar-refractivity contribution is 7.86. The molecule has 0 spiro atoms. The van der Waals surface area contributed by atoms with E-state index in [4.69, 9.17) is 0 Å². The average molecular weight is 1060 g/mol. The number of carbonyl (C=O) groups is 6. The van der Waals surface area contributed by atoms with E-state index in [0.717, 1.165) is 24.3 Å². The molecule has 0 saturated heterocycles. The number of rotatable bonds is 24. The number of nitrogens with one attached hydrogen (secondary N) is 6. The Labute approximate surface area is 417 Å². The summed E-state index contributed by atoms with van der Waals surface area (Å²) in [7, 11) is -10.2. The van der Waals surface area contributed by atoms with Gasteiger partial charge in [0.1, 0.15) is 21.9 Å². The molecule has 0 aliphatic rings. The molecule has 0 unspecified atom stereocenters. The molecular formula is C44H40N12O16S2. The first kappa shape index (κ1) is 53.8. The minimum absolute atomic E-state index is 0.0978. The third-order valence-electron chi connectivity index (χ3n) is 9.86. The zero-order valence-corrected chi connectivity index (χ0v) is 39.7. The molecular weight excluding hydrogens is 1020 g/mol. The predicted octanol–water partition coefficient (Wildman–Crippen LogP) is 4.78. The number of benzene rings is 4. The SMILES string of the molecule is CC(=O)c1ccc(Nc2nc(Nc3ccc(/C=C/c4ccc(Nc5nc(Nc6ccc(C(C)=O)cc6)nc(N[C@@H](CC(=O)O)C(=O)O)n5)cc4S(=O)(=O)O)c(S(=O)(=O)O)c3)nc(N[C@@H](CC(=O)O)C(=O)O)n2)cc1. The van der Waals surface area contributed by atoms with Gasteiger partial charge in [-0.15, -0.1) is 0 Å². The number of ketones is 2. The number of hydrogen-bond acceptors (Lipinski definition) is 22. The fraction of sp³-hybridized carbons (Fsp3) is 0.136. The molecule has 0 aliphatic carbocycles. The van der Waals surface area contributed by atoms with Crippen LogP contribution in [0.2, 0.25) is 0 Å². The minimum Gasteiger partial charge on any atom is -0.481 e. The highest BCUT2D eigenvalue weighted by Gasteiger charge is 2.25. The summed E-state index contributed by atoms with van der Waals surface area (Å²) in [6, 6.07) is 15.4. The monoisotopic (exact) mass is 1060 g/mol. The van der Waals surface area contributed by atoms with E-state index in [0.29, 0.717) is 22.5 Å². The van der Waals surface area contributed by atoms with E-state index in [2.05, 4.69) is 61.8 Å². The summed E-state index contributed by atoms with van der Waals surface area (Å²) < 4.78 is 71.7. The summed E-state index contributed by atoms with van der Waals surface area (Å²) in [6.07, 6.45) is 0.387. The second-order valence-electron chi connectivity index (χ2n) is 15.4. The Bertz CT molecular complexity index is 3230. The molecule has 2 aromatic heterocycles. The number of carbonyl (C=O) groups excluding carboxylic acids is 2. The highest BCUT2D eigenvalue weighted by atomic mass is 32.2. The normalized spacial score (nSPS) is 12.2. The number of aliphatic carboxylic acids is 4. The van der Waals surface area contributed by atoms with E-state index in [1.54, 1.807) is 0 Å². The van der Waals surface area contributed by atoms with Crippen molar-refractivity contribution in [2.24, 2.45) is 0 Å². The van der Waals surface area contributed by atoms with Crippen LogP contribution in [0.4, 0.5) is 58.4 Å². The topological polar surface area (TPSA) is 442 Å². The van der Waals surface area contributed by atoms with E-state index in [-0.39, 0.29) is 57.9 Å². The number of anilines is 10. The van der Waals surface area contributed by atoms with Gasteiger partial charge in [-0.3, -0.25) is 28.3 Å². The van der Waals surface area contributed by atoms with Gasteiger partial charge in [-0.25, -0.2) is 9.59 Å². The van der Waals surface area contributed by atoms with Gasteiger partial charge in [0.2, 0.25) is 35.7 Å². The fourth-order valence-corrected chi connectivity index (χ4v) is 7.80. The maximum atomic E-state index is 12.8. The first-order valence-electron chi connectivity index (χ1n) is 21.0. The molecule has 30 heteroatoms. The summed E-state index contributed by atoms with van der Waals surface area (Å²) in [6.45, 7) is 2.72. The molecule has 0 bridgehead atoms. The van der Waals surface area contributed by atoms with Crippen molar-refractivity contribution in [3.8, 4) is 0 Å². The van der Waals surface area contributed by atoms with Crippen molar-refractivity contribution < 1.29 is 75.1 Å². The van der Waals surface area contributed by atoms with Gasteiger partial charge in [-0.05, 0) is 97.8 Å². The van der Waals surface area contributed by atoms with Crippen LogP contribution in [0.25, 0.3) is 12.2 Å². The smallest absolute Gasteiger partial charge is 0.326 e. The Hall–Kier alpha value is -9.52. The molecule has 2 atom stereocenters.